The first kappa shape index (κ1) is 19.4. The van der Waals surface area contributed by atoms with Crippen LogP contribution in [0.1, 0.15) is 29.7 Å². The molecule has 1 aliphatic heterocycles. The van der Waals surface area contributed by atoms with Gasteiger partial charge in [-0.3, -0.25) is 0 Å². The summed E-state index contributed by atoms with van der Waals surface area (Å²) in [6, 6.07) is 18.7. The van der Waals surface area contributed by atoms with Gasteiger partial charge < -0.3 is 26.8 Å². The second kappa shape index (κ2) is 9.56. The summed E-state index contributed by atoms with van der Waals surface area (Å²) in [4.78, 5) is 13.0. The summed E-state index contributed by atoms with van der Waals surface area (Å²) < 4.78 is 11.3. The largest absolute Gasteiger partial charge is 1.00 e. The third-order valence-electron chi connectivity index (χ3n) is 4.32. The van der Waals surface area contributed by atoms with Gasteiger partial charge in [-0.15, -0.1) is 0 Å². The third kappa shape index (κ3) is 5.05. The molecule has 4 nitrogen and oxygen atoms in total. The Hall–Kier alpha value is -1.88. The monoisotopic (exact) mass is 361 g/mol. The number of halogens is 1. The zero-order valence-corrected chi connectivity index (χ0v) is 15.2. The number of benzene rings is 2. The van der Waals surface area contributed by atoms with Crippen LogP contribution in [0.4, 0.5) is 0 Å². The van der Waals surface area contributed by atoms with Crippen molar-refractivity contribution in [3.05, 3.63) is 71.3 Å². The van der Waals surface area contributed by atoms with E-state index in [9.17, 15) is 4.79 Å². The minimum absolute atomic E-state index is 0. The van der Waals surface area contributed by atoms with Crippen molar-refractivity contribution in [1.29, 1.82) is 0 Å². The highest BCUT2D eigenvalue weighted by molar-refractivity contribution is 5.70. The van der Waals surface area contributed by atoms with Crippen LogP contribution in [-0.2, 0) is 20.8 Å². The van der Waals surface area contributed by atoms with Gasteiger partial charge in [-0.1, -0.05) is 54.6 Å². The summed E-state index contributed by atoms with van der Waals surface area (Å²) in [5.41, 5.74) is 3.58. The summed E-state index contributed by atoms with van der Waals surface area (Å²) >= 11 is 0. The molecule has 1 N–H and O–H groups in total. The zero-order chi connectivity index (χ0) is 16.8. The molecule has 2 atom stereocenters. The van der Waals surface area contributed by atoms with Crippen LogP contribution in [0.15, 0.2) is 54.6 Å². The highest BCUT2D eigenvalue weighted by Crippen LogP contribution is 2.28. The molecule has 1 heterocycles. The van der Waals surface area contributed by atoms with Crippen LogP contribution in [0, 0.1) is 0 Å². The molecule has 0 spiro atoms. The normalized spacial score (nSPS) is 19.7. The Labute approximate surface area is 155 Å². The minimum Gasteiger partial charge on any atom is -1.00 e. The third-order valence-corrected chi connectivity index (χ3v) is 4.32. The maximum atomic E-state index is 11.8. The number of quaternary nitrogens is 1. The van der Waals surface area contributed by atoms with Gasteiger partial charge in [0.2, 0.25) is 0 Å². The Bertz CT molecular complexity index is 678. The Morgan fingerprint density at radius 1 is 1.16 bits per heavy atom. The van der Waals surface area contributed by atoms with E-state index in [-0.39, 0.29) is 24.5 Å². The lowest BCUT2D eigenvalue weighted by molar-refractivity contribution is -0.907. The molecule has 0 fully saturated rings. The lowest BCUT2D eigenvalue weighted by atomic mass is 9.95. The van der Waals surface area contributed by atoms with E-state index in [1.54, 1.807) is 0 Å². The molecule has 5 heteroatoms. The molecule has 2 aromatic carbocycles. The highest BCUT2D eigenvalue weighted by atomic mass is 35.5. The molecule has 134 valence electrons. The van der Waals surface area contributed by atoms with Crippen molar-refractivity contribution in [2.24, 2.45) is 0 Å². The summed E-state index contributed by atoms with van der Waals surface area (Å²) in [6.45, 7) is 4.85. The van der Waals surface area contributed by atoms with Gasteiger partial charge in [0, 0.05) is 5.56 Å². The number of ether oxygens (including phenoxy) is 2. The van der Waals surface area contributed by atoms with Crippen LogP contribution in [-0.4, -0.2) is 32.3 Å². The molecule has 0 saturated carbocycles. The van der Waals surface area contributed by atoms with E-state index in [1.807, 2.05) is 37.3 Å². The van der Waals surface area contributed by atoms with Crippen molar-refractivity contribution >= 4 is 5.97 Å². The van der Waals surface area contributed by atoms with E-state index in [1.165, 1.54) is 21.6 Å². The molecular weight excluding hydrogens is 338 g/mol. The van der Waals surface area contributed by atoms with Gasteiger partial charge in [-0.05, 0) is 18.1 Å². The van der Waals surface area contributed by atoms with Crippen LogP contribution in [0.5, 0.6) is 0 Å². The predicted octanol–water partition coefficient (Wildman–Crippen LogP) is -1.24. The van der Waals surface area contributed by atoms with Gasteiger partial charge in [0.25, 0.3) is 0 Å². The van der Waals surface area contributed by atoms with Gasteiger partial charge in [0.05, 0.1) is 13.2 Å². The van der Waals surface area contributed by atoms with E-state index >= 15 is 0 Å². The molecule has 0 aromatic heterocycles. The van der Waals surface area contributed by atoms with E-state index < -0.39 is 0 Å². The first-order valence-electron chi connectivity index (χ1n) is 8.51. The quantitative estimate of drug-likeness (QED) is 0.692. The van der Waals surface area contributed by atoms with Crippen LogP contribution < -0.4 is 17.3 Å². The molecule has 0 aliphatic carbocycles. The fourth-order valence-electron chi connectivity index (χ4n) is 3.19. The van der Waals surface area contributed by atoms with Gasteiger partial charge in [0.1, 0.15) is 19.2 Å². The van der Waals surface area contributed by atoms with Gasteiger partial charge in [-0.2, -0.15) is 0 Å². The maximum absolute atomic E-state index is 11.8. The standard InChI is InChI=1S/C20H23NO3.ClH/c1-2-23-19(22)15-21-12-13-24-20(16-8-4-3-5-9-16)18-11-7-6-10-17(18)14-21;/h3-11,20H,2,12-15H2,1H3;1H. The predicted molar refractivity (Wildman–Crippen MR) is 91.7 cm³/mol. The number of rotatable bonds is 4. The SMILES string of the molecule is CCOC(=O)C[NH+]1CCOC(c2ccccc2)c2ccccc2C1.[Cl-]. The molecule has 3 rings (SSSR count). The number of nitrogens with one attached hydrogen (secondary N) is 1. The summed E-state index contributed by atoms with van der Waals surface area (Å²) in [5.74, 6) is -0.148. The van der Waals surface area contributed by atoms with Gasteiger partial charge in [0.15, 0.2) is 6.54 Å². The lowest BCUT2D eigenvalue weighted by Gasteiger charge is -2.28. The van der Waals surface area contributed by atoms with Crippen LogP contribution in [0.2, 0.25) is 0 Å². The van der Waals surface area contributed by atoms with E-state index in [0.717, 1.165) is 13.1 Å². The first-order valence-corrected chi connectivity index (χ1v) is 8.51. The van der Waals surface area contributed by atoms with E-state index in [0.29, 0.717) is 19.8 Å². The molecule has 0 bridgehead atoms. The average Bonchev–Trinajstić information content (AvgIpc) is 2.58. The van der Waals surface area contributed by atoms with Crippen molar-refractivity contribution in [3.8, 4) is 0 Å². The summed E-state index contributed by atoms with van der Waals surface area (Å²) in [5, 5.41) is 0. The van der Waals surface area contributed by atoms with Gasteiger partial charge >= 0.3 is 5.97 Å². The smallest absolute Gasteiger partial charge is 0.361 e. The Kier molecular flexibility index (Phi) is 7.44. The van der Waals surface area contributed by atoms with Crippen molar-refractivity contribution in [2.45, 2.75) is 19.6 Å². The van der Waals surface area contributed by atoms with E-state index in [4.69, 9.17) is 9.47 Å². The molecule has 25 heavy (non-hydrogen) atoms. The number of esters is 1. The van der Waals surface area contributed by atoms with E-state index in [2.05, 4.69) is 24.3 Å². The maximum Gasteiger partial charge on any atom is 0.361 e. The highest BCUT2D eigenvalue weighted by Gasteiger charge is 2.25. The fraction of sp³-hybridized carbons (Fsp3) is 0.350. The molecule has 0 radical (unpaired) electrons. The second-order valence-electron chi connectivity index (χ2n) is 6.02. The topological polar surface area (TPSA) is 40.0 Å². The van der Waals surface area contributed by atoms with Crippen LogP contribution >= 0.6 is 0 Å². The van der Waals surface area contributed by atoms with Crippen molar-refractivity contribution < 1.29 is 31.6 Å². The summed E-state index contributed by atoms with van der Waals surface area (Å²) in [6.07, 6.45) is -0.0495. The molecule has 0 amide bonds. The number of hydrogen-bond acceptors (Lipinski definition) is 3. The Morgan fingerprint density at radius 3 is 2.64 bits per heavy atom. The minimum atomic E-state index is -0.148. The number of carbonyl (C=O) groups excluding carboxylic acids is 1. The lowest BCUT2D eigenvalue weighted by Crippen LogP contribution is -3.12. The summed E-state index contributed by atoms with van der Waals surface area (Å²) in [7, 11) is 0. The molecule has 0 saturated heterocycles. The number of hydrogen-bond donors (Lipinski definition) is 1. The van der Waals surface area contributed by atoms with Crippen LogP contribution in [0.25, 0.3) is 0 Å². The number of carbonyl (C=O) groups is 1. The zero-order valence-electron chi connectivity index (χ0n) is 14.4. The van der Waals surface area contributed by atoms with Gasteiger partial charge in [-0.25, -0.2) is 4.79 Å². The Balaban J connectivity index is 0.00000225. The Morgan fingerprint density at radius 2 is 1.88 bits per heavy atom. The fourth-order valence-corrected chi connectivity index (χ4v) is 3.19. The number of fused-ring (bicyclic) bond motifs is 1. The second-order valence-corrected chi connectivity index (χ2v) is 6.02. The van der Waals surface area contributed by atoms with Crippen molar-refractivity contribution in [3.63, 3.8) is 0 Å². The molecule has 1 aliphatic rings. The van der Waals surface area contributed by atoms with Crippen LogP contribution in [0.3, 0.4) is 0 Å². The first-order chi connectivity index (χ1) is 11.8. The molecular formula is C20H24ClNO3. The van der Waals surface area contributed by atoms with Crippen molar-refractivity contribution in [2.75, 3.05) is 26.3 Å². The van der Waals surface area contributed by atoms with Crippen molar-refractivity contribution in [1.82, 2.24) is 0 Å². The molecule has 2 unspecified atom stereocenters. The molecule has 2 aromatic rings. The average molecular weight is 362 g/mol.